The van der Waals surface area contributed by atoms with Crippen LogP contribution in [0, 0.1) is 0 Å². The Kier molecular flexibility index (Phi) is 2.42. The van der Waals surface area contributed by atoms with E-state index in [2.05, 4.69) is 20.3 Å². The first kappa shape index (κ1) is 9.54. The lowest BCUT2D eigenvalue weighted by molar-refractivity contribution is 0.677. The lowest BCUT2D eigenvalue weighted by atomic mass is 10.2. The van der Waals surface area contributed by atoms with Crippen LogP contribution in [0.3, 0.4) is 0 Å². The molecule has 1 aliphatic rings. The van der Waals surface area contributed by atoms with E-state index in [4.69, 9.17) is 0 Å². The van der Waals surface area contributed by atoms with Crippen molar-refractivity contribution in [2.75, 3.05) is 0 Å². The topological polar surface area (TPSA) is 53.6 Å². The number of imidazole rings is 1. The molecule has 2 N–H and O–H groups in total. The molecule has 0 atom stereocenters. The van der Waals surface area contributed by atoms with E-state index in [0.29, 0.717) is 0 Å². The maximum absolute atomic E-state index is 4.36. The third-order valence-corrected chi connectivity index (χ3v) is 2.74. The number of hydrogen-bond acceptors (Lipinski definition) is 3. The van der Waals surface area contributed by atoms with Crippen LogP contribution in [0.1, 0.15) is 18.5 Å². The zero-order valence-corrected chi connectivity index (χ0v) is 8.98. The summed E-state index contributed by atoms with van der Waals surface area (Å²) in [6.07, 6.45) is 8.07. The highest BCUT2D eigenvalue weighted by Gasteiger charge is 2.20. The standard InChI is InChI=1S/C12H14N4/c1-2-10(1)14-7-11-8-15-12(16-11)9-3-5-13-6-4-9/h3-6,8,10,14H,1-2,7H2,(H,15,16). The van der Waals surface area contributed by atoms with Gasteiger partial charge in [0, 0.05) is 42.4 Å². The molecule has 2 aromatic rings. The molecule has 0 aromatic carbocycles. The van der Waals surface area contributed by atoms with Crippen molar-refractivity contribution in [2.45, 2.75) is 25.4 Å². The Balaban J connectivity index is 1.71. The average Bonchev–Trinajstić information content (AvgIpc) is 3.05. The second-order valence-electron chi connectivity index (χ2n) is 4.15. The number of nitrogens with one attached hydrogen (secondary N) is 2. The van der Waals surface area contributed by atoms with Crippen molar-refractivity contribution in [2.24, 2.45) is 0 Å². The van der Waals surface area contributed by atoms with Crippen molar-refractivity contribution in [3.05, 3.63) is 36.4 Å². The predicted octanol–water partition coefficient (Wildman–Crippen LogP) is 1.72. The third-order valence-electron chi connectivity index (χ3n) is 2.74. The molecule has 4 nitrogen and oxygen atoms in total. The van der Waals surface area contributed by atoms with Crippen LogP contribution in [-0.4, -0.2) is 21.0 Å². The number of H-pyrrole nitrogens is 1. The lowest BCUT2D eigenvalue weighted by Crippen LogP contribution is -2.15. The molecule has 2 aromatic heterocycles. The van der Waals surface area contributed by atoms with E-state index in [1.807, 2.05) is 18.3 Å². The number of rotatable bonds is 4. The van der Waals surface area contributed by atoms with Crippen molar-refractivity contribution in [1.29, 1.82) is 0 Å². The van der Waals surface area contributed by atoms with E-state index < -0.39 is 0 Å². The molecule has 0 spiro atoms. The van der Waals surface area contributed by atoms with Gasteiger partial charge in [-0.05, 0) is 25.0 Å². The van der Waals surface area contributed by atoms with Crippen LogP contribution >= 0.6 is 0 Å². The van der Waals surface area contributed by atoms with Crippen molar-refractivity contribution in [1.82, 2.24) is 20.3 Å². The zero-order chi connectivity index (χ0) is 10.8. The minimum Gasteiger partial charge on any atom is -0.341 e. The van der Waals surface area contributed by atoms with Gasteiger partial charge in [-0.2, -0.15) is 0 Å². The molecule has 0 radical (unpaired) electrons. The number of hydrogen-bond donors (Lipinski definition) is 2. The van der Waals surface area contributed by atoms with E-state index in [-0.39, 0.29) is 0 Å². The molecule has 16 heavy (non-hydrogen) atoms. The van der Waals surface area contributed by atoms with Crippen molar-refractivity contribution >= 4 is 0 Å². The Hall–Kier alpha value is -1.68. The van der Waals surface area contributed by atoms with Gasteiger partial charge in [0.15, 0.2) is 0 Å². The first-order valence-electron chi connectivity index (χ1n) is 5.59. The first-order chi connectivity index (χ1) is 7.92. The number of nitrogens with zero attached hydrogens (tertiary/aromatic N) is 2. The lowest BCUT2D eigenvalue weighted by Gasteiger charge is -1.98. The average molecular weight is 214 g/mol. The zero-order valence-electron chi connectivity index (χ0n) is 8.98. The molecule has 0 saturated heterocycles. The smallest absolute Gasteiger partial charge is 0.137 e. The Bertz CT molecular complexity index is 459. The molecule has 1 fully saturated rings. The fraction of sp³-hybridized carbons (Fsp3) is 0.333. The maximum Gasteiger partial charge on any atom is 0.137 e. The molecule has 0 bridgehead atoms. The van der Waals surface area contributed by atoms with Crippen molar-refractivity contribution < 1.29 is 0 Å². The summed E-state index contributed by atoms with van der Waals surface area (Å²) >= 11 is 0. The van der Waals surface area contributed by atoms with Gasteiger partial charge in [0.25, 0.3) is 0 Å². The first-order valence-corrected chi connectivity index (χ1v) is 5.59. The van der Waals surface area contributed by atoms with Crippen LogP contribution in [0.5, 0.6) is 0 Å². The summed E-state index contributed by atoms with van der Waals surface area (Å²) in [5, 5.41) is 3.45. The van der Waals surface area contributed by atoms with Gasteiger partial charge >= 0.3 is 0 Å². The van der Waals surface area contributed by atoms with Gasteiger partial charge in [0.05, 0.1) is 0 Å². The van der Waals surface area contributed by atoms with Crippen molar-refractivity contribution in [3.63, 3.8) is 0 Å². The molecule has 0 aliphatic heterocycles. The van der Waals surface area contributed by atoms with Crippen molar-refractivity contribution in [3.8, 4) is 11.4 Å². The van der Waals surface area contributed by atoms with E-state index in [0.717, 1.165) is 29.7 Å². The molecule has 3 rings (SSSR count). The molecule has 0 unspecified atom stereocenters. The quantitative estimate of drug-likeness (QED) is 0.814. The molecular weight excluding hydrogens is 200 g/mol. The summed E-state index contributed by atoms with van der Waals surface area (Å²) in [5.41, 5.74) is 2.21. The molecule has 2 heterocycles. The van der Waals surface area contributed by atoms with Crippen LogP contribution < -0.4 is 5.32 Å². The molecule has 1 saturated carbocycles. The van der Waals surface area contributed by atoms with Gasteiger partial charge in [0.2, 0.25) is 0 Å². The van der Waals surface area contributed by atoms with Gasteiger partial charge in [-0.15, -0.1) is 0 Å². The van der Waals surface area contributed by atoms with Gasteiger partial charge in [-0.3, -0.25) is 4.98 Å². The summed E-state index contributed by atoms with van der Waals surface area (Å²) < 4.78 is 0. The van der Waals surface area contributed by atoms with E-state index in [1.165, 1.54) is 12.8 Å². The SMILES string of the molecule is c1cc(-c2ncc(CNC3CC3)[nH]2)ccn1. The minimum atomic E-state index is 0.729. The van der Waals surface area contributed by atoms with E-state index in [1.54, 1.807) is 12.4 Å². The second-order valence-corrected chi connectivity index (χ2v) is 4.15. The Labute approximate surface area is 94.1 Å². The third kappa shape index (κ3) is 2.12. The molecule has 0 amide bonds. The number of aromatic nitrogens is 3. The molecular formula is C12H14N4. The highest BCUT2D eigenvalue weighted by Crippen LogP contribution is 2.19. The van der Waals surface area contributed by atoms with Crippen LogP contribution in [0.4, 0.5) is 0 Å². The molecule has 4 heteroatoms. The summed E-state index contributed by atoms with van der Waals surface area (Å²) in [6, 6.07) is 4.64. The fourth-order valence-corrected chi connectivity index (χ4v) is 1.65. The summed E-state index contributed by atoms with van der Waals surface area (Å²) in [5.74, 6) is 0.912. The Morgan fingerprint density at radius 3 is 2.88 bits per heavy atom. The summed E-state index contributed by atoms with van der Waals surface area (Å²) in [6.45, 7) is 0.878. The predicted molar refractivity (Wildman–Crippen MR) is 61.7 cm³/mol. The van der Waals surface area contributed by atoms with Gasteiger partial charge in [-0.25, -0.2) is 4.98 Å². The number of pyridine rings is 1. The number of aromatic amines is 1. The summed E-state index contributed by atoms with van der Waals surface area (Å²) in [4.78, 5) is 11.7. The largest absolute Gasteiger partial charge is 0.341 e. The monoisotopic (exact) mass is 214 g/mol. The highest BCUT2D eigenvalue weighted by molar-refractivity contribution is 5.53. The van der Waals surface area contributed by atoms with Crippen LogP contribution in [0.2, 0.25) is 0 Å². The molecule has 1 aliphatic carbocycles. The second kappa shape index (κ2) is 4.06. The Morgan fingerprint density at radius 1 is 1.31 bits per heavy atom. The fourth-order valence-electron chi connectivity index (χ4n) is 1.65. The van der Waals surface area contributed by atoms with Crippen LogP contribution in [0.15, 0.2) is 30.7 Å². The summed E-state index contributed by atoms with van der Waals surface area (Å²) in [7, 11) is 0. The highest BCUT2D eigenvalue weighted by atomic mass is 15.0. The van der Waals surface area contributed by atoms with Gasteiger partial charge in [-0.1, -0.05) is 0 Å². The normalized spacial score (nSPS) is 15.2. The Morgan fingerprint density at radius 2 is 2.12 bits per heavy atom. The van der Waals surface area contributed by atoms with Crippen LogP contribution in [0.25, 0.3) is 11.4 Å². The molecule has 82 valence electrons. The maximum atomic E-state index is 4.36. The van der Waals surface area contributed by atoms with Gasteiger partial charge in [0.1, 0.15) is 5.82 Å². The van der Waals surface area contributed by atoms with E-state index >= 15 is 0 Å². The minimum absolute atomic E-state index is 0.729. The van der Waals surface area contributed by atoms with Crippen LogP contribution in [-0.2, 0) is 6.54 Å². The van der Waals surface area contributed by atoms with E-state index in [9.17, 15) is 0 Å². The van der Waals surface area contributed by atoms with Gasteiger partial charge < -0.3 is 10.3 Å².